The van der Waals surface area contributed by atoms with E-state index in [2.05, 4.69) is 0 Å². The van der Waals surface area contributed by atoms with Crippen molar-refractivity contribution in [3.05, 3.63) is 35.9 Å². The van der Waals surface area contributed by atoms with Crippen molar-refractivity contribution in [1.82, 2.24) is 4.90 Å². The molecule has 1 aromatic rings. The van der Waals surface area contributed by atoms with Gasteiger partial charge in [-0.2, -0.15) is 0 Å². The van der Waals surface area contributed by atoms with Gasteiger partial charge in [0.25, 0.3) is 5.91 Å². The average Bonchev–Trinajstić information content (AvgIpc) is 2.78. The summed E-state index contributed by atoms with van der Waals surface area (Å²) >= 11 is 0. The molecule has 2 fully saturated rings. The predicted octanol–water partition coefficient (Wildman–Crippen LogP) is 2.05. The molecule has 0 radical (unpaired) electrons. The maximum atomic E-state index is 12.9. The van der Waals surface area contributed by atoms with Crippen molar-refractivity contribution in [2.75, 3.05) is 13.2 Å². The van der Waals surface area contributed by atoms with Crippen LogP contribution in [0.1, 0.15) is 39.2 Å². The van der Waals surface area contributed by atoms with Gasteiger partial charge in [-0.25, -0.2) is 0 Å². The minimum absolute atomic E-state index is 0.0192. The zero-order valence-corrected chi connectivity index (χ0v) is 15.1. The molecule has 0 bridgehead atoms. The van der Waals surface area contributed by atoms with Crippen LogP contribution in [-0.2, 0) is 25.6 Å². The highest BCUT2D eigenvalue weighted by molar-refractivity contribution is 5.85. The number of carbonyl (C=O) groups is 1. The second kappa shape index (κ2) is 7.03. The molecular weight excluding hydrogens is 322 g/mol. The first-order valence-electron chi connectivity index (χ1n) is 8.88. The predicted molar refractivity (Wildman–Crippen MR) is 91.5 cm³/mol. The molecule has 138 valence electrons. The fourth-order valence-corrected chi connectivity index (χ4v) is 3.34. The van der Waals surface area contributed by atoms with Crippen molar-refractivity contribution in [2.45, 2.75) is 63.9 Å². The molecule has 2 aliphatic rings. The maximum absolute atomic E-state index is 12.9. The van der Waals surface area contributed by atoms with E-state index in [9.17, 15) is 9.90 Å². The number of hydrogen-bond donors (Lipinski definition) is 1. The first-order chi connectivity index (χ1) is 11.9. The van der Waals surface area contributed by atoms with Crippen LogP contribution >= 0.6 is 0 Å². The molecule has 1 N–H and O–H groups in total. The van der Waals surface area contributed by atoms with Crippen LogP contribution in [0.15, 0.2) is 30.3 Å². The number of carbonyl (C=O) groups excluding carboxylic acids is 1. The summed E-state index contributed by atoms with van der Waals surface area (Å²) in [5.74, 6) is -1.11. The van der Waals surface area contributed by atoms with Gasteiger partial charge in [-0.3, -0.25) is 4.79 Å². The van der Waals surface area contributed by atoms with Crippen LogP contribution in [0, 0.1) is 0 Å². The highest BCUT2D eigenvalue weighted by Gasteiger charge is 2.63. The minimum Gasteiger partial charge on any atom is -0.366 e. The third-order valence-electron chi connectivity index (χ3n) is 4.76. The van der Waals surface area contributed by atoms with Crippen molar-refractivity contribution >= 4 is 5.91 Å². The average molecular weight is 349 g/mol. The number of hydrogen-bond acceptors (Lipinski definition) is 5. The van der Waals surface area contributed by atoms with Crippen LogP contribution in [0.2, 0.25) is 0 Å². The molecule has 25 heavy (non-hydrogen) atoms. The fraction of sp³-hybridized carbons (Fsp3) is 0.632. The Kier molecular flexibility index (Phi) is 5.16. The third kappa shape index (κ3) is 3.58. The van der Waals surface area contributed by atoms with E-state index in [0.29, 0.717) is 6.54 Å². The Balaban J connectivity index is 1.81. The quantitative estimate of drug-likeness (QED) is 0.851. The lowest BCUT2D eigenvalue weighted by atomic mass is 10.0. The first kappa shape index (κ1) is 18.3. The molecule has 6 nitrogen and oxygen atoms in total. The number of benzene rings is 1. The molecule has 3 rings (SSSR count). The molecule has 0 saturated carbocycles. The molecule has 0 unspecified atom stereocenters. The summed E-state index contributed by atoms with van der Waals surface area (Å²) in [4.78, 5) is 14.4. The van der Waals surface area contributed by atoms with E-state index in [0.717, 1.165) is 18.4 Å². The Bertz CT molecular complexity index is 605. The lowest BCUT2D eigenvalue weighted by Gasteiger charge is -2.45. The molecular formula is C19H27NO5. The van der Waals surface area contributed by atoms with Gasteiger partial charge in [0.05, 0.1) is 6.61 Å². The summed E-state index contributed by atoms with van der Waals surface area (Å²) in [6.45, 7) is 6.37. The zero-order chi connectivity index (χ0) is 18.1. The highest BCUT2D eigenvalue weighted by Crippen LogP contribution is 2.40. The van der Waals surface area contributed by atoms with E-state index in [1.165, 1.54) is 4.90 Å². The standard InChI is InChI=1S/C19H27NO5/c1-4-5-11-20-17(21)15(23-12-14-9-7-6-8-10-14)16-19(20,22)13-24-18(2,3)25-16/h6-10,15-16,22H,4-5,11-13H2,1-3H3/t15-,16-,19+/m0/s1. The van der Waals surface area contributed by atoms with Gasteiger partial charge in [0.1, 0.15) is 12.7 Å². The van der Waals surface area contributed by atoms with Crippen molar-refractivity contribution in [3.63, 3.8) is 0 Å². The maximum Gasteiger partial charge on any atom is 0.257 e. The van der Waals surface area contributed by atoms with Crippen molar-refractivity contribution in [2.24, 2.45) is 0 Å². The topological polar surface area (TPSA) is 68.2 Å². The number of nitrogens with zero attached hydrogens (tertiary/aromatic N) is 1. The van der Waals surface area contributed by atoms with Gasteiger partial charge in [-0.05, 0) is 25.8 Å². The Morgan fingerprint density at radius 1 is 1.32 bits per heavy atom. The first-order valence-corrected chi connectivity index (χ1v) is 8.88. The SMILES string of the molecule is CCCCN1C(=O)[C@@H](OCc2ccccc2)[C@@H]2OC(C)(C)OC[C@@]21O. The van der Waals surface area contributed by atoms with E-state index in [4.69, 9.17) is 14.2 Å². The van der Waals surface area contributed by atoms with Gasteiger partial charge in [-0.15, -0.1) is 0 Å². The van der Waals surface area contributed by atoms with Crippen LogP contribution in [0.4, 0.5) is 0 Å². The Morgan fingerprint density at radius 3 is 2.72 bits per heavy atom. The minimum atomic E-state index is -1.48. The smallest absolute Gasteiger partial charge is 0.257 e. The molecule has 6 heteroatoms. The number of aliphatic hydroxyl groups is 1. The Labute approximate surface area is 148 Å². The summed E-state index contributed by atoms with van der Waals surface area (Å²) in [5, 5.41) is 11.1. The van der Waals surface area contributed by atoms with E-state index in [1.54, 1.807) is 13.8 Å². The van der Waals surface area contributed by atoms with Gasteiger partial charge in [0.2, 0.25) is 0 Å². The summed E-state index contributed by atoms with van der Waals surface area (Å²) in [7, 11) is 0. The number of unbranched alkanes of at least 4 members (excludes halogenated alkanes) is 1. The molecule has 3 atom stereocenters. The molecule has 2 saturated heterocycles. The normalized spacial score (nSPS) is 31.2. The number of amides is 1. The Hall–Kier alpha value is -1.47. The molecule has 1 aromatic carbocycles. The second-order valence-corrected chi connectivity index (χ2v) is 7.17. The van der Waals surface area contributed by atoms with E-state index in [-0.39, 0.29) is 19.1 Å². The number of ether oxygens (including phenoxy) is 3. The lowest BCUT2D eigenvalue weighted by molar-refractivity contribution is -0.356. The second-order valence-electron chi connectivity index (χ2n) is 7.17. The third-order valence-corrected chi connectivity index (χ3v) is 4.76. The van der Waals surface area contributed by atoms with Crippen LogP contribution in [-0.4, -0.2) is 52.8 Å². The van der Waals surface area contributed by atoms with Gasteiger partial charge in [0, 0.05) is 6.54 Å². The summed E-state index contributed by atoms with van der Waals surface area (Å²) < 4.78 is 17.5. The number of likely N-dealkylation sites (tertiary alicyclic amines) is 1. The van der Waals surface area contributed by atoms with Crippen LogP contribution in [0.3, 0.4) is 0 Å². The molecule has 1 amide bonds. The molecule has 2 heterocycles. The van der Waals surface area contributed by atoms with Crippen LogP contribution < -0.4 is 0 Å². The van der Waals surface area contributed by atoms with E-state index in [1.807, 2.05) is 37.3 Å². The van der Waals surface area contributed by atoms with Gasteiger partial charge < -0.3 is 24.2 Å². The van der Waals surface area contributed by atoms with Crippen molar-refractivity contribution in [1.29, 1.82) is 0 Å². The largest absolute Gasteiger partial charge is 0.366 e. The van der Waals surface area contributed by atoms with Crippen molar-refractivity contribution in [3.8, 4) is 0 Å². The molecule has 0 aromatic heterocycles. The number of fused-ring (bicyclic) bond motifs is 1. The number of rotatable bonds is 6. The highest BCUT2D eigenvalue weighted by atomic mass is 16.7. The summed E-state index contributed by atoms with van der Waals surface area (Å²) in [5.41, 5.74) is -0.513. The van der Waals surface area contributed by atoms with Gasteiger partial charge in [0.15, 0.2) is 17.6 Å². The van der Waals surface area contributed by atoms with Crippen LogP contribution in [0.5, 0.6) is 0 Å². The van der Waals surface area contributed by atoms with E-state index >= 15 is 0 Å². The van der Waals surface area contributed by atoms with E-state index < -0.39 is 23.7 Å². The Morgan fingerprint density at radius 2 is 2.04 bits per heavy atom. The molecule has 2 aliphatic heterocycles. The summed E-state index contributed by atoms with van der Waals surface area (Å²) in [6.07, 6.45) is 0.109. The molecule has 0 spiro atoms. The van der Waals surface area contributed by atoms with Crippen LogP contribution in [0.25, 0.3) is 0 Å². The lowest BCUT2D eigenvalue weighted by Crippen LogP contribution is -2.63. The van der Waals surface area contributed by atoms with Gasteiger partial charge >= 0.3 is 0 Å². The van der Waals surface area contributed by atoms with Crippen molar-refractivity contribution < 1.29 is 24.1 Å². The fourth-order valence-electron chi connectivity index (χ4n) is 3.34. The van der Waals surface area contributed by atoms with Gasteiger partial charge in [-0.1, -0.05) is 43.7 Å². The monoisotopic (exact) mass is 349 g/mol. The summed E-state index contributed by atoms with van der Waals surface area (Å²) in [6, 6.07) is 9.66. The zero-order valence-electron chi connectivity index (χ0n) is 15.1. The molecule has 0 aliphatic carbocycles.